The Balaban J connectivity index is 2.37. The van der Waals surface area contributed by atoms with Crippen molar-refractivity contribution in [2.75, 3.05) is 7.11 Å². The quantitative estimate of drug-likeness (QED) is 0.774. The molecule has 2 rings (SSSR count). The monoisotopic (exact) mass is 385 g/mol. The Morgan fingerprint density at radius 2 is 1.88 bits per heavy atom. The summed E-state index contributed by atoms with van der Waals surface area (Å²) in [6, 6.07) is 9.19. The van der Waals surface area contributed by atoms with E-state index < -0.39 is 27.9 Å². The van der Waals surface area contributed by atoms with Gasteiger partial charge in [-0.25, -0.2) is 17.5 Å². The average molecular weight is 386 g/mol. The molecule has 0 aliphatic heterocycles. The van der Waals surface area contributed by atoms with E-state index in [4.69, 9.17) is 11.6 Å². The summed E-state index contributed by atoms with van der Waals surface area (Å²) in [6.45, 7) is 1.89. The van der Waals surface area contributed by atoms with Gasteiger partial charge in [-0.05, 0) is 30.7 Å². The first-order valence-electron chi connectivity index (χ1n) is 7.33. The second-order valence-electron chi connectivity index (χ2n) is 5.44. The Kier molecular flexibility index (Phi) is 6.16. The smallest absolute Gasteiger partial charge is 0.307 e. The van der Waals surface area contributed by atoms with Crippen molar-refractivity contribution in [1.82, 2.24) is 4.72 Å². The van der Waals surface area contributed by atoms with Crippen molar-refractivity contribution in [3.63, 3.8) is 0 Å². The zero-order valence-electron chi connectivity index (χ0n) is 13.6. The van der Waals surface area contributed by atoms with E-state index in [1.54, 1.807) is 24.3 Å². The van der Waals surface area contributed by atoms with Crippen molar-refractivity contribution in [2.24, 2.45) is 0 Å². The topological polar surface area (TPSA) is 72.5 Å². The second-order valence-corrected chi connectivity index (χ2v) is 7.53. The van der Waals surface area contributed by atoms with Crippen LogP contribution in [0.15, 0.2) is 47.4 Å². The maximum Gasteiger partial charge on any atom is 0.307 e. The van der Waals surface area contributed by atoms with Crippen molar-refractivity contribution < 1.29 is 22.3 Å². The van der Waals surface area contributed by atoms with Crippen LogP contribution in [0.4, 0.5) is 4.39 Å². The van der Waals surface area contributed by atoms with E-state index in [0.29, 0.717) is 5.56 Å². The van der Waals surface area contributed by atoms with Crippen LogP contribution in [0.5, 0.6) is 0 Å². The Hall–Kier alpha value is -1.96. The van der Waals surface area contributed by atoms with Gasteiger partial charge in [0.25, 0.3) is 0 Å². The molecule has 0 aliphatic rings. The highest BCUT2D eigenvalue weighted by Crippen LogP contribution is 2.26. The predicted molar refractivity (Wildman–Crippen MR) is 92.3 cm³/mol. The maximum absolute atomic E-state index is 13.2. The third-order valence-electron chi connectivity index (χ3n) is 3.56. The molecule has 0 fully saturated rings. The van der Waals surface area contributed by atoms with E-state index in [1.807, 2.05) is 6.92 Å². The first-order chi connectivity index (χ1) is 11.7. The largest absolute Gasteiger partial charge is 0.469 e. The lowest BCUT2D eigenvalue weighted by Gasteiger charge is -2.19. The third kappa shape index (κ3) is 5.01. The molecule has 0 aromatic heterocycles. The number of rotatable bonds is 6. The lowest BCUT2D eigenvalue weighted by molar-refractivity contribution is -0.141. The van der Waals surface area contributed by atoms with Gasteiger partial charge in [0.1, 0.15) is 10.7 Å². The van der Waals surface area contributed by atoms with Crippen LogP contribution in [0.1, 0.15) is 23.6 Å². The lowest BCUT2D eigenvalue weighted by atomic mass is 10.0. The lowest BCUT2D eigenvalue weighted by Crippen LogP contribution is -2.30. The van der Waals surface area contributed by atoms with Gasteiger partial charge >= 0.3 is 5.97 Å². The molecule has 1 unspecified atom stereocenters. The Labute approximate surface area is 150 Å². The van der Waals surface area contributed by atoms with Crippen LogP contribution < -0.4 is 4.72 Å². The number of ether oxygens (including phenoxy) is 1. The van der Waals surface area contributed by atoms with E-state index in [0.717, 1.165) is 23.8 Å². The van der Waals surface area contributed by atoms with Crippen LogP contribution in [-0.4, -0.2) is 21.5 Å². The SMILES string of the molecule is COC(=O)CC(NS(=O)(=O)c1ccc(F)cc1Cl)c1ccc(C)cc1. The molecule has 0 heterocycles. The number of carbonyl (C=O) groups is 1. The highest BCUT2D eigenvalue weighted by atomic mass is 35.5. The minimum atomic E-state index is -4.08. The molecule has 0 bridgehead atoms. The van der Waals surface area contributed by atoms with Gasteiger partial charge in [0.05, 0.1) is 24.6 Å². The molecule has 0 radical (unpaired) electrons. The molecule has 2 aromatic rings. The fourth-order valence-corrected chi connectivity index (χ4v) is 3.98. The highest BCUT2D eigenvalue weighted by Gasteiger charge is 2.26. The molecule has 2 aromatic carbocycles. The number of methoxy groups -OCH3 is 1. The van der Waals surface area contributed by atoms with Crippen LogP contribution in [-0.2, 0) is 19.6 Å². The van der Waals surface area contributed by atoms with E-state index in [-0.39, 0.29) is 16.3 Å². The summed E-state index contributed by atoms with van der Waals surface area (Å²) in [4.78, 5) is 11.4. The molecule has 0 aliphatic carbocycles. The van der Waals surface area contributed by atoms with Gasteiger partial charge in [-0.15, -0.1) is 0 Å². The van der Waals surface area contributed by atoms with Crippen LogP contribution in [0, 0.1) is 12.7 Å². The van der Waals surface area contributed by atoms with Crippen molar-refractivity contribution in [3.8, 4) is 0 Å². The number of esters is 1. The van der Waals surface area contributed by atoms with Crippen LogP contribution >= 0.6 is 11.6 Å². The number of halogens is 2. The summed E-state index contributed by atoms with van der Waals surface area (Å²) in [5.74, 6) is -1.22. The summed E-state index contributed by atoms with van der Waals surface area (Å²) >= 11 is 5.85. The molecule has 8 heteroatoms. The van der Waals surface area contributed by atoms with Gasteiger partial charge in [-0.3, -0.25) is 4.79 Å². The zero-order chi connectivity index (χ0) is 18.6. The fourth-order valence-electron chi connectivity index (χ4n) is 2.22. The van der Waals surface area contributed by atoms with Gasteiger partial charge in [-0.1, -0.05) is 41.4 Å². The van der Waals surface area contributed by atoms with Gasteiger partial charge < -0.3 is 4.74 Å². The third-order valence-corrected chi connectivity index (χ3v) is 5.51. The highest BCUT2D eigenvalue weighted by molar-refractivity contribution is 7.89. The molecular formula is C17H17ClFNO4S. The molecule has 0 spiro atoms. The van der Waals surface area contributed by atoms with Crippen LogP contribution in [0.2, 0.25) is 5.02 Å². The van der Waals surface area contributed by atoms with Crippen molar-refractivity contribution in [1.29, 1.82) is 0 Å². The molecule has 0 saturated carbocycles. The van der Waals surface area contributed by atoms with E-state index in [1.165, 1.54) is 7.11 Å². The van der Waals surface area contributed by atoms with Crippen molar-refractivity contribution in [2.45, 2.75) is 24.3 Å². The Morgan fingerprint density at radius 3 is 2.44 bits per heavy atom. The minimum absolute atomic E-state index is 0.197. The van der Waals surface area contributed by atoms with Gasteiger partial charge in [0.15, 0.2) is 0 Å². The maximum atomic E-state index is 13.2. The van der Waals surface area contributed by atoms with Gasteiger partial charge in [0.2, 0.25) is 10.0 Å². The summed E-state index contributed by atoms with van der Waals surface area (Å²) < 4.78 is 45.5. The number of hydrogen-bond donors (Lipinski definition) is 1. The molecule has 0 saturated heterocycles. The minimum Gasteiger partial charge on any atom is -0.469 e. The molecule has 1 atom stereocenters. The molecule has 0 amide bonds. The first-order valence-corrected chi connectivity index (χ1v) is 9.20. The molecule has 5 nitrogen and oxygen atoms in total. The number of aryl methyl sites for hydroxylation is 1. The van der Waals surface area contributed by atoms with Crippen LogP contribution in [0.3, 0.4) is 0 Å². The number of hydrogen-bond acceptors (Lipinski definition) is 4. The average Bonchev–Trinajstić information content (AvgIpc) is 2.54. The molecular weight excluding hydrogens is 369 g/mol. The van der Waals surface area contributed by atoms with E-state index in [9.17, 15) is 17.6 Å². The van der Waals surface area contributed by atoms with Gasteiger partial charge in [-0.2, -0.15) is 0 Å². The fraction of sp³-hybridized carbons (Fsp3) is 0.235. The molecule has 134 valence electrons. The summed E-state index contributed by atoms with van der Waals surface area (Å²) in [5, 5.41) is -0.242. The van der Waals surface area contributed by atoms with Gasteiger partial charge in [0, 0.05) is 0 Å². The zero-order valence-corrected chi connectivity index (χ0v) is 15.2. The second kappa shape index (κ2) is 7.95. The number of nitrogens with one attached hydrogen (secondary N) is 1. The number of carbonyl (C=O) groups excluding carboxylic acids is 1. The number of benzene rings is 2. The van der Waals surface area contributed by atoms with Crippen molar-refractivity contribution in [3.05, 3.63) is 64.4 Å². The number of sulfonamides is 1. The summed E-state index contributed by atoms with van der Waals surface area (Å²) in [6.07, 6.45) is -0.197. The Bertz CT molecular complexity index is 869. The van der Waals surface area contributed by atoms with Crippen LogP contribution in [0.25, 0.3) is 0 Å². The first kappa shape index (κ1) is 19.4. The van der Waals surface area contributed by atoms with E-state index >= 15 is 0 Å². The Morgan fingerprint density at radius 1 is 1.24 bits per heavy atom. The van der Waals surface area contributed by atoms with Crippen molar-refractivity contribution >= 4 is 27.6 Å². The standard InChI is InChI=1S/C17H17ClFNO4S/c1-11-3-5-12(6-4-11)15(10-17(21)24-2)20-25(22,23)16-8-7-13(19)9-14(16)18/h3-9,15,20H,10H2,1-2H3. The molecule has 25 heavy (non-hydrogen) atoms. The predicted octanol–water partition coefficient (Wildman–Crippen LogP) is 3.37. The summed E-state index contributed by atoms with van der Waals surface area (Å²) in [7, 11) is -2.85. The van der Waals surface area contributed by atoms with E-state index in [2.05, 4.69) is 9.46 Å². The normalized spacial score (nSPS) is 12.6. The molecule has 1 N–H and O–H groups in total. The summed E-state index contributed by atoms with van der Waals surface area (Å²) in [5.41, 5.74) is 1.59.